The lowest BCUT2D eigenvalue weighted by Crippen LogP contribution is -2.35. The van der Waals surface area contributed by atoms with E-state index in [2.05, 4.69) is 5.32 Å². The van der Waals surface area contributed by atoms with Crippen molar-refractivity contribution in [2.75, 3.05) is 41.2 Å². The molecule has 38 heavy (non-hydrogen) atoms. The maximum atomic E-state index is 13.6. The van der Waals surface area contributed by atoms with Crippen molar-refractivity contribution in [1.82, 2.24) is 10.2 Å². The summed E-state index contributed by atoms with van der Waals surface area (Å²) in [7, 11) is 4.73. The Bertz CT molecular complexity index is 1340. The molecule has 2 atom stereocenters. The number of ether oxygens (including phenoxy) is 5. The van der Waals surface area contributed by atoms with E-state index in [4.69, 9.17) is 23.7 Å². The molecule has 0 aliphatic carbocycles. The first-order chi connectivity index (χ1) is 18.5. The summed E-state index contributed by atoms with van der Waals surface area (Å²) in [4.78, 5) is 28.8. The highest BCUT2D eigenvalue weighted by Gasteiger charge is 2.42. The summed E-state index contributed by atoms with van der Waals surface area (Å²) in [5.74, 6) is 2.14. The van der Waals surface area contributed by atoms with Crippen LogP contribution in [0, 0.1) is 5.92 Å². The Balaban J connectivity index is 1.39. The zero-order chi connectivity index (χ0) is 26.6. The Morgan fingerprint density at radius 1 is 0.895 bits per heavy atom. The van der Waals surface area contributed by atoms with Crippen molar-refractivity contribution in [2.45, 2.75) is 12.5 Å². The average molecular weight is 519 g/mol. The monoisotopic (exact) mass is 518 g/mol. The van der Waals surface area contributed by atoms with Gasteiger partial charge in [0.2, 0.25) is 12.7 Å². The molecule has 0 saturated carbocycles. The SMILES string of the molecule is COc1cccc(C(=O)N2C[C@H](c3ccc(OC)cc3OC)[C@H](C(=O)NCc3ccc4c(c3)OCO4)C2)c1. The van der Waals surface area contributed by atoms with Crippen molar-refractivity contribution >= 4 is 11.8 Å². The summed E-state index contributed by atoms with van der Waals surface area (Å²) >= 11 is 0. The van der Waals surface area contributed by atoms with E-state index < -0.39 is 5.92 Å². The molecule has 1 fully saturated rings. The van der Waals surface area contributed by atoms with Crippen LogP contribution in [0.15, 0.2) is 60.7 Å². The van der Waals surface area contributed by atoms with Crippen molar-refractivity contribution in [3.8, 4) is 28.7 Å². The molecule has 2 aliphatic heterocycles. The largest absolute Gasteiger partial charge is 0.497 e. The number of benzene rings is 3. The Hall–Kier alpha value is -4.40. The molecule has 1 saturated heterocycles. The van der Waals surface area contributed by atoms with Gasteiger partial charge in [-0.15, -0.1) is 0 Å². The van der Waals surface area contributed by atoms with Gasteiger partial charge in [0, 0.05) is 42.7 Å². The normalized spacial score (nSPS) is 17.7. The van der Waals surface area contributed by atoms with Gasteiger partial charge in [-0.1, -0.05) is 18.2 Å². The molecule has 0 bridgehead atoms. The number of amides is 2. The molecule has 0 unspecified atom stereocenters. The van der Waals surface area contributed by atoms with Gasteiger partial charge in [-0.25, -0.2) is 0 Å². The van der Waals surface area contributed by atoms with Crippen LogP contribution in [0.4, 0.5) is 0 Å². The van der Waals surface area contributed by atoms with Crippen molar-refractivity contribution in [2.24, 2.45) is 5.92 Å². The fraction of sp³-hybridized carbons (Fsp3) is 0.310. The maximum absolute atomic E-state index is 13.6. The minimum atomic E-state index is -0.485. The molecular weight excluding hydrogens is 488 g/mol. The fourth-order valence-corrected chi connectivity index (χ4v) is 4.99. The molecule has 9 heteroatoms. The second kappa shape index (κ2) is 10.9. The summed E-state index contributed by atoms with van der Waals surface area (Å²) in [6.45, 7) is 1.14. The molecule has 2 heterocycles. The number of nitrogens with zero attached hydrogens (tertiary/aromatic N) is 1. The third-order valence-electron chi connectivity index (χ3n) is 7.00. The van der Waals surface area contributed by atoms with Crippen LogP contribution in [0.3, 0.4) is 0 Å². The standard InChI is InChI=1S/C29H30N2O7/c1-34-20-6-4-5-19(12-20)29(33)31-15-23(22-9-8-21(35-2)13-26(22)36-3)24(16-31)28(32)30-14-18-7-10-25-27(11-18)38-17-37-25/h4-13,23-24H,14-17H2,1-3H3,(H,30,32)/t23-,24-/m1/s1. The highest BCUT2D eigenvalue weighted by molar-refractivity contribution is 5.95. The first kappa shape index (κ1) is 25.3. The van der Waals surface area contributed by atoms with E-state index in [1.165, 1.54) is 0 Å². The lowest BCUT2D eigenvalue weighted by molar-refractivity contribution is -0.125. The molecule has 9 nitrogen and oxygen atoms in total. The minimum absolute atomic E-state index is 0.147. The predicted octanol–water partition coefficient (Wildman–Crippen LogP) is 3.61. The van der Waals surface area contributed by atoms with E-state index in [9.17, 15) is 9.59 Å². The molecule has 3 aromatic carbocycles. The number of rotatable bonds is 8. The van der Waals surface area contributed by atoms with Gasteiger partial charge in [-0.2, -0.15) is 0 Å². The zero-order valence-electron chi connectivity index (χ0n) is 21.6. The lowest BCUT2D eigenvalue weighted by atomic mass is 9.87. The average Bonchev–Trinajstić information content (AvgIpc) is 3.62. The van der Waals surface area contributed by atoms with Crippen LogP contribution in [0.2, 0.25) is 0 Å². The van der Waals surface area contributed by atoms with Gasteiger partial charge >= 0.3 is 0 Å². The molecule has 0 spiro atoms. The molecule has 198 valence electrons. The number of fused-ring (bicyclic) bond motifs is 1. The number of carbonyl (C=O) groups excluding carboxylic acids is 2. The summed E-state index contributed by atoms with van der Waals surface area (Å²) in [5.41, 5.74) is 2.24. The molecule has 0 aromatic heterocycles. The lowest BCUT2D eigenvalue weighted by Gasteiger charge is -2.21. The second-order valence-corrected chi connectivity index (χ2v) is 9.17. The summed E-state index contributed by atoms with van der Waals surface area (Å²) in [5, 5.41) is 3.05. The Morgan fingerprint density at radius 3 is 2.47 bits per heavy atom. The maximum Gasteiger partial charge on any atom is 0.254 e. The summed E-state index contributed by atoms with van der Waals surface area (Å²) in [6.07, 6.45) is 0. The van der Waals surface area contributed by atoms with Gasteiger partial charge in [0.25, 0.3) is 5.91 Å². The van der Waals surface area contributed by atoms with E-state index in [0.717, 1.165) is 11.1 Å². The fourth-order valence-electron chi connectivity index (χ4n) is 4.99. The second-order valence-electron chi connectivity index (χ2n) is 9.17. The molecule has 1 N–H and O–H groups in total. The molecule has 2 amide bonds. The van der Waals surface area contributed by atoms with Crippen LogP contribution in [-0.2, 0) is 11.3 Å². The van der Waals surface area contributed by atoms with Gasteiger partial charge in [0.1, 0.15) is 17.2 Å². The quantitative estimate of drug-likeness (QED) is 0.487. The minimum Gasteiger partial charge on any atom is -0.497 e. The van der Waals surface area contributed by atoms with Crippen LogP contribution in [0.1, 0.15) is 27.4 Å². The summed E-state index contributed by atoms with van der Waals surface area (Å²) in [6, 6.07) is 18.2. The van der Waals surface area contributed by atoms with Gasteiger partial charge < -0.3 is 33.9 Å². The molecule has 0 radical (unpaired) electrons. The first-order valence-corrected chi connectivity index (χ1v) is 12.3. The van der Waals surface area contributed by atoms with E-state index in [-0.39, 0.29) is 31.1 Å². The van der Waals surface area contributed by atoms with Crippen LogP contribution in [-0.4, -0.2) is 57.9 Å². The number of hydrogen-bond acceptors (Lipinski definition) is 7. The molecule has 5 rings (SSSR count). The van der Waals surface area contributed by atoms with E-state index in [0.29, 0.717) is 47.4 Å². The Kier molecular flexibility index (Phi) is 7.26. The Labute approximate surface area is 221 Å². The molecule has 2 aliphatic rings. The van der Waals surface area contributed by atoms with Crippen molar-refractivity contribution in [3.05, 3.63) is 77.4 Å². The van der Waals surface area contributed by atoms with Crippen LogP contribution < -0.4 is 29.0 Å². The Morgan fingerprint density at radius 2 is 1.68 bits per heavy atom. The number of carbonyl (C=O) groups is 2. The topological polar surface area (TPSA) is 95.6 Å². The highest BCUT2D eigenvalue weighted by Crippen LogP contribution is 2.40. The van der Waals surface area contributed by atoms with Gasteiger partial charge in [0.05, 0.1) is 27.2 Å². The number of hydrogen-bond donors (Lipinski definition) is 1. The van der Waals surface area contributed by atoms with Crippen LogP contribution in [0.5, 0.6) is 28.7 Å². The smallest absolute Gasteiger partial charge is 0.254 e. The third-order valence-corrected chi connectivity index (χ3v) is 7.00. The van der Waals surface area contributed by atoms with Crippen LogP contribution >= 0.6 is 0 Å². The molecular formula is C29H30N2O7. The third kappa shape index (κ3) is 5.04. The highest BCUT2D eigenvalue weighted by atomic mass is 16.7. The molecule has 3 aromatic rings. The van der Waals surface area contributed by atoms with Crippen molar-refractivity contribution in [3.63, 3.8) is 0 Å². The number of likely N-dealkylation sites (tertiary alicyclic amines) is 1. The summed E-state index contributed by atoms with van der Waals surface area (Å²) < 4.78 is 27.1. The number of methoxy groups -OCH3 is 3. The predicted molar refractivity (Wildman–Crippen MR) is 139 cm³/mol. The van der Waals surface area contributed by atoms with Gasteiger partial charge in [0.15, 0.2) is 11.5 Å². The van der Waals surface area contributed by atoms with E-state index in [1.54, 1.807) is 56.6 Å². The van der Waals surface area contributed by atoms with Crippen molar-refractivity contribution < 1.29 is 33.3 Å². The van der Waals surface area contributed by atoms with Gasteiger partial charge in [-0.05, 0) is 42.0 Å². The van der Waals surface area contributed by atoms with Crippen molar-refractivity contribution in [1.29, 1.82) is 0 Å². The zero-order valence-corrected chi connectivity index (χ0v) is 21.6. The van der Waals surface area contributed by atoms with Gasteiger partial charge in [-0.3, -0.25) is 9.59 Å². The number of nitrogens with one attached hydrogen (secondary N) is 1. The first-order valence-electron chi connectivity index (χ1n) is 12.3. The van der Waals surface area contributed by atoms with E-state index >= 15 is 0 Å². The van der Waals surface area contributed by atoms with E-state index in [1.807, 2.05) is 30.3 Å². The van der Waals surface area contributed by atoms with Crippen LogP contribution in [0.25, 0.3) is 0 Å².